The molecule has 0 atom stereocenters. The van der Waals surface area contributed by atoms with Crippen molar-refractivity contribution in [3.05, 3.63) is 46.0 Å². The van der Waals surface area contributed by atoms with E-state index in [9.17, 15) is 9.18 Å². The van der Waals surface area contributed by atoms with Crippen molar-refractivity contribution in [3.63, 3.8) is 0 Å². The molecule has 0 aliphatic heterocycles. The largest absolute Gasteiger partial charge is 0.488 e. The van der Waals surface area contributed by atoms with Gasteiger partial charge in [-0.3, -0.25) is 4.79 Å². The van der Waals surface area contributed by atoms with Gasteiger partial charge in [-0.1, -0.05) is 23.2 Å². The summed E-state index contributed by atoms with van der Waals surface area (Å²) >= 11 is 11.8. The van der Waals surface area contributed by atoms with Gasteiger partial charge in [-0.25, -0.2) is 4.39 Å². The number of anilines is 1. The number of halogens is 3. The number of benzene rings is 1. The lowest BCUT2D eigenvalue weighted by molar-refractivity contribution is 0.101. The van der Waals surface area contributed by atoms with E-state index in [2.05, 4.69) is 5.32 Å². The van der Waals surface area contributed by atoms with Crippen molar-refractivity contribution in [3.8, 4) is 5.75 Å². The minimum absolute atomic E-state index is 0.0880. The van der Waals surface area contributed by atoms with Crippen molar-refractivity contribution in [1.29, 1.82) is 0 Å². The summed E-state index contributed by atoms with van der Waals surface area (Å²) in [5.74, 6) is -0.944. The summed E-state index contributed by atoms with van der Waals surface area (Å²) in [6.45, 7) is 0.590. The van der Waals surface area contributed by atoms with Gasteiger partial charge in [-0.05, 0) is 18.2 Å². The number of amides is 1. The van der Waals surface area contributed by atoms with Crippen LogP contribution in [0.3, 0.4) is 0 Å². The molecule has 0 aliphatic carbocycles. The Hall–Kier alpha value is -1.76. The molecule has 2 rings (SSSR count). The van der Waals surface area contributed by atoms with E-state index < -0.39 is 11.7 Å². The molecule has 0 spiro atoms. The average Bonchev–Trinajstić information content (AvgIpc) is 2.77. The van der Waals surface area contributed by atoms with Gasteiger partial charge in [-0.2, -0.15) is 0 Å². The fraction of sp³-hybridized carbons (Fsp3) is 0.267. The van der Waals surface area contributed by atoms with Crippen LogP contribution in [0.1, 0.15) is 10.5 Å². The highest BCUT2D eigenvalue weighted by Gasteiger charge is 2.16. The fourth-order valence-corrected chi connectivity index (χ4v) is 2.26. The first-order chi connectivity index (χ1) is 10.9. The van der Waals surface area contributed by atoms with E-state index in [0.717, 1.165) is 0 Å². The zero-order valence-corrected chi connectivity index (χ0v) is 14.0. The van der Waals surface area contributed by atoms with Crippen molar-refractivity contribution in [2.24, 2.45) is 7.05 Å². The third kappa shape index (κ3) is 4.16. The summed E-state index contributed by atoms with van der Waals surface area (Å²) < 4.78 is 25.4. The van der Waals surface area contributed by atoms with E-state index in [0.29, 0.717) is 12.3 Å². The normalized spacial score (nSPS) is 10.7. The number of carbonyl (C=O) groups is 1. The zero-order valence-electron chi connectivity index (χ0n) is 12.5. The molecule has 0 unspecified atom stereocenters. The van der Waals surface area contributed by atoms with Gasteiger partial charge in [0, 0.05) is 25.9 Å². The topological polar surface area (TPSA) is 52.5 Å². The molecule has 2 aromatic rings. The number of hydrogen-bond acceptors (Lipinski definition) is 3. The number of carbonyl (C=O) groups excluding carboxylic acids is 1. The van der Waals surface area contributed by atoms with Crippen LogP contribution < -0.4 is 10.1 Å². The highest BCUT2D eigenvalue weighted by molar-refractivity contribution is 6.42. The van der Waals surface area contributed by atoms with Gasteiger partial charge >= 0.3 is 0 Å². The van der Waals surface area contributed by atoms with Crippen LogP contribution in [0, 0.1) is 5.82 Å². The molecule has 124 valence electrons. The van der Waals surface area contributed by atoms with Gasteiger partial charge in [-0.15, -0.1) is 0 Å². The first kappa shape index (κ1) is 17.6. The number of hydrogen-bond donors (Lipinski definition) is 1. The number of methoxy groups -OCH3 is 1. The van der Waals surface area contributed by atoms with Gasteiger partial charge < -0.3 is 19.4 Å². The predicted molar refractivity (Wildman–Crippen MR) is 87.2 cm³/mol. The third-order valence-corrected chi connectivity index (χ3v) is 3.93. The van der Waals surface area contributed by atoms with Crippen LogP contribution in [0.5, 0.6) is 5.75 Å². The summed E-state index contributed by atoms with van der Waals surface area (Å²) in [4.78, 5) is 12.2. The van der Waals surface area contributed by atoms with Gasteiger partial charge in [0.2, 0.25) is 0 Å². The molecule has 0 bridgehead atoms. The van der Waals surface area contributed by atoms with E-state index in [-0.39, 0.29) is 28.2 Å². The van der Waals surface area contributed by atoms with Crippen LogP contribution in [0.25, 0.3) is 0 Å². The lowest BCUT2D eigenvalue weighted by Gasteiger charge is -2.10. The molecule has 0 radical (unpaired) electrons. The molecule has 5 nitrogen and oxygen atoms in total. The summed E-state index contributed by atoms with van der Waals surface area (Å²) in [5.41, 5.74) is 0.556. The molecular weight excluding hydrogens is 346 g/mol. The van der Waals surface area contributed by atoms with Gasteiger partial charge in [0.25, 0.3) is 5.91 Å². The molecule has 1 heterocycles. The van der Waals surface area contributed by atoms with Gasteiger partial charge in [0.15, 0.2) is 11.6 Å². The second-order valence-corrected chi connectivity index (χ2v) is 5.43. The smallest absolute Gasteiger partial charge is 0.272 e. The summed E-state index contributed by atoms with van der Waals surface area (Å²) in [7, 11) is 3.14. The van der Waals surface area contributed by atoms with Gasteiger partial charge in [0.05, 0.1) is 11.6 Å². The minimum Gasteiger partial charge on any atom is -0.488 e. The van der Waals surface area contributed by atoms with Crippen LogP contribution in [0.2, 0.25) is 10.2 Å². The SMILES string of the molecule is COCCOc1ccc(NC(=O)c2cc(Cl)c(Cl)n2C)cc1F. The first-order valence-corrected chi connectivity index (χ1v) is 7.43. The second kappa shape index (κ2) is 7.68. The van der Waals surface area contributed by atoms with E-state index >= 15 is 0 Å². The van der Waals surface area contributed by atoms with Crippen LogP contribution >= 0.6 is 23.2 Å². The molecular formula is C15H15Cl2FN2O3. The van der Waals surface area contributed by atoms with E-state index in [4.69, 9.17) is 32.7 Å². The van der Waals surface area contributed by atoms with Crippen molar-refractivity contribution < 1.29 is 18.7 Å². The molecule has 1 N–H and O–H groups in total. The molecule has 1 aromatic carbocycles. The number of aromatic nitrogens is 1. The summed E-state index contributed by atoms with van der Waals surface area (Å²) in [6.07, 6.45) is 0. The summed E-state index contributed by atoms with van der Waals surface area (Å²) in [5, 5.41) is 3.10. The minimum atomic E-state index is -0.582. The summed E-state index contributed by atoms with van der Waals surface area (Å²) in [6, 6.07) is 5.59. The van der Waals surface area contributed by atoms with E-state index in [1.807, 2.05) is 0 Å². The molecule has 1 aromatic heterocycles. The second-order valence-electron chi connectivity index (χ2n) is 4.67. The quantitative estimate of drug-likeness (QED) is 0.798. The zero-order chi connectivity index (χ0) is 17.0. The van der Waals surface area contributed by atoms with Crippen molar-refractivity contribution >= 4 is 34.8 Å². The maximum Gasteiger partial charge on any atom is 0.272 e. The van der Waals surface area contributed by atoms with Crippen LogP contribution in [-0.4, -0.2) is 30.8 Å². The van der Waals surface area contributed by atoms with Crippen molar-refractivity contribution in [2.45, 2.75) is 0 Å². The van der Waals surface area contributed by atoms with Gasteiger partial charge in [0.1, 0.15) is 17.5 Å². The van der Waals surface area contributed by atoms with Crippen LogP contribution in [0.4, 0.5) is 10.1 Å². The Bertz CT molecular complexity index is 719. The molecule has 0 fully saturated rings. The highest BCUT2D eigenvalue weighted by Crippen LogP contribution is 2.26. The van der Waals surface area contributed by atoms with E-state index in [1.54, 1.807) is 7.05 Å². The Morgan fingerprint density at radius 3 is 2.61 bits per heavy atom. The monoisotopic (exact) mass is 360 g/mol. The number of rotatable bonds is 6. The third-order valence-electron chi connectivity index (χ3n) is 3.08. The Morgan fingerprint density at radius 1 is 1.30 bits per heavy atom. The molecule has 23 heavy (non-hydrogen) atoms. The average molecular weight is 361 g/mol. The highest BCUT2D eigenvalue weighted by atomic mass is 35.5. The Labute approximate surface area is 142 Å². The molecule has 8 heteroatoms. The van der Waals surface area contributed by atoms with E-state index in [1.165, 1.54) is 35.9 Å². The maximum absolute atomic E-state index is 13.9. The molecule has 1 amide bonds. The van der Waals surface area contributed by atoms with Crippen molar-refractivity contribution in [1.82, 2.24) is 4.57 Å². The maximum atomic E-state index is 13.9. The first-order valence-electron chi connectivity index (χ1n) is 6.67. The molecule has 0 saturated carbocycles. The lowest BCUT2D eigenvalue weighted by atomic mass is 10.2. The number of nitrogens with one attached hydrogen (secondary N) is 1. The molecule has 0 saturated heterocycles. The number of nitrogens with zero attached hydrogens (tertiary/aromatic N) is 1. The standard InChI is InChI=1S/C15H15Cl2FN2O3/c1-20-12(8-10(16)14(20)17)15(21)19-9-3-4-13(11(18)7-9)23-6-5-22-2/h3-4,7-8H,5-6H2,1-2H3,(H,19,21). The number of ether oxygens (including phenoxy) is 2. The Kier molecular flexibility index (Phi) is 5.87. The van der Waals surface area contributed by atoms with Crippen molar-refractivity contribution in [2.75, 3.05) is 25.6 Å². The Morgan fingerprint density at radius 2 is 2.04 bits per heavy atom. The predicted octanol–water partition coefficient (Wildman–Crippen LogP) is 3.75. The fourth-order valence-electron chi connectivity index (χ4n) is 1.89. The van der Waals surface area contributed by atoms with Crippen LogP contribution in [-0.2, 0) is 11.8 Å². The van der Waals surface area contributed by atoms with Crippen LogP contribution in [0.15, 0.2) is 24.3 Å². The molecule has 0 aliphatic rings. The lowest BCUT2D eigenvalue weighted by Crippen LogP contribution is -2.15. The Balaban J connectivity index is 2.09.